The van der Waals surface area contributed by atoms with Crippen molar-refractivity contribution in [3.63, 3.8) is 0 Å². The van der Waals surface area contributed by atoms with Crippen LogP contribution in [0.5, 0.6) is 5.75 Å². The van der Waals surface area contributed by atoms with Crippen molar-refractivity contribution in [1.82, 2.24) is 25.5 Å². The Bertz CT molecular complexity index is 893. The van der Waals surface area contributed by atoms with Gasteiger partial charge in [0.05, 0.1) is 19.2 Å². The lowest BCUT2D eigenvalue weighted by molar-refractivity contribution is -0.120. The van der Waals surface area contributed by atoms with E-state index >= 15 is 0 Å². The summed E-state index contributed by atoms with van der Waals surface area (Å²) in [6.45, 7) is 0. The van der Waals surface area contributed by atoms with Crippen molar-refractivity contribution in [2.45, 2.75) is 24.8 Å². The minimum atomic E-state index is 0.0302. The molecule has 0 aliphatic heterocycles. The van der Waals surface area contributed by atoms with E-state index in [2.05, 4.69) is 26.9 Å². The molecule has 1 N–H and O–H groups in total. The number of hydrogen-bond acceptors (Lipinski definition) is 5. The Morgan fingerprint density at radius 2 is 2.04 bits per heavy atom. The zero-order chi connectivity index (χ0) is 17.9. The van der Waals surface area contributed by atoms with E-state index in [0.29, 0.717) is 12.3 Å². The van der Waals surface area contributed by atoms with Crippen LogP contribution in [0.4, 0.5) is 0 Å². The highest BCUT2D eigenvalue weighted by molar-refractivity contribution is 5.79. The van der Waals surface area contributed by atoms with Crippen LogP contribution >= 0.6 is 0 Å². The molecule has 132 valence electrons. The van der Waals surface area contributed by atoms with Gasteiger partial charge >= 0.3 is 0 Å². The predicted molar refractivity (Wildman–Crippen MR) is 95.1 cm³/mol. The number of hydrogen-bond donors (Lipinski definition) is 1. The molecule has 2 atom stereocenters. The molecule has 0 spiro atoms. The average Bonchev–Trinajstić information content (AvgIpc) is 3.19. The predicted octanol–water partition coefficient (Wildman–Crippen LogP) is 1.89. The number of benzene rings is 2. The Balaban J connectivity index is 1.34. The Hall–Kier alpha value is -3.22. The summed E-state index contributed by atoms with van der Waals surface area (Å²) in [5.41, 5.74) is 2.97. The topological polar surface area (TPSA) is 81.9 Å². The van der Waals surface area contributed by atoms with Gasteiger partial charge in [0.2, 0.25) is 5.91 Å². The molecular formula is C19H19N5O2. The molecule has 1 amide bonds. The summed E-state index contributed by atoms with van der Waals surface area (Å²) in [6, 6.07) is 15.8. The van der Waals surface area contributed by atoms with Gasteiger partial charge < -0.3 is 10.1 Å². The quantitative estimate of drug-likeness (QED) is 0.735. The monoisotopic (exact) mass is 349 g/mol. The van der Waals surface area contributed by atoms with E-state index in [1.54, 1.807) is 11.8 Å². The lowest BCUT2D eigenvalue weighted by Crippen LogP contribution is -2.28. The van der Waals surface area contributed by atoms with Crippen LogP contribution in [-0.2, 0) is 11.2 Å². The Morgan fingerprint density at radius 3 is 2.77 bits per heavy atom. The van der Waals surface area contributed by atoms with E-state index in [-0.39, 0.29) is 11.9 Å². The minimum absolute atomic E-state index is 0.0302. The molecule has 1 aliphatic rings. The van der Waals surface area contributed by atoms with Gasteiger partial charge in [-0.1, -0.05) is 30.3 Å². The molecule has 1 fully saturated rings. The van der Waals surface area contributed by atoms with Gasteiger partial charge in [-0.2, -0.15) is 0 Å². The summed E-state index contributed by atoms with van der Waals surface area (Å²) in [5.74, 6) is 1.24. The van der Waals surface area contributed by atoms with Crippen LogP contribution in [0.15, 0.2) is 54.9 Å². The molecule has 0 unspecified atom stereocenters. The van der Waals surface area contributed by atoms with Crippen LogP contribution in [0, 0.1) is 0 Å². The van der Waals surface area contributed by atoms with Gasteiger partial charge in [0.1, 0.15) is 12.1 Å². The number of nitrogens with one attached hydrogen (secondary N) is 1. The summed E-state index contributed by atoms with van der Waals surface area (Å²) in [4.78, 5) is 12.3. The number of nitrogens with zero attached hydrogens (tertiary/aromatic N) is 4. The van der Waals surface area contributed by atoms with Gasteiger partial charge in [0.25, 0.3) is 0 Å². The number of para-hydroxylation sites is 1. The number of carbonyl (C=O) groups is 1. The molecule has 7 heteroatoms. The number of rotatable bonds is 6. The zero-order valence-corrected chi connectivity index (χ0v) is 14.4. The van der Waals surface area contributed by atoms with Crippen LogP contribution in [0.2, 0.25) is 0 Å². The first kappa shape index (κ1) is 16.3. The molecule has 1 aliphatic carbocycles. The highest BCUT2D eigenvalue weighted by Crippen LogP contribution is 2.44. The van der Waals surface area contributed by atoms with Crippen molar-refractivity contribution in [3.8, 4) is 11.4 Å². The molecule has 0 bridgehead atoms. The molecule has 4 rings (SSSR count). The smallest absolute Gasteiger partial charge is 0.224 e. The number of amides is 1. The molecule has 26 heavy (non-hydrogen) atoms. The second-order valence-corrected chi connectivity index (χ2v) is 6.36. The average molecular weight is 349 g/mol. The molecule has 1 heterocycles. The fourth-order valence-corrected chi connectivity index (χ4v) is 3.16. The van der Waals surface area contributed by atoms with Crippen molar-refractivity contribution in [2.75, 3.05) is 7.11 Å². The zero-order valence-electron chi connectivity index (χ0n) is 14.4. The van der Waals surface area contributed by atoms with Crippen molar-refractivity contribution in [2.24, 2.45) is 0 Å². The highest BCUT2D eigenvalue weighted by atomic mass is 16.5. The molecule has 1 saturated carbocycles. The van der Waals surface area contributed by atoms with Gasteiger partial charge in [0.15, 0.2) is 0 Å². The first-order valence-corrected chi connectivity index (χ1v) is 8.49. The lowest BCUT2D eigenvalue weighted by Gasteiger charge is -2.09. The maximum absolute atomic E-state index is 12.3. The molecule has 1 aromatic heterocycles. The largest absolute Gasteiger partial charge is 0.496 e. The van der Waals surface area contributed by atoms with Crippen LogP contribution in [0.25, 0.3) is 5.69 Å². The fraction of sp³-hybridized carbons (Fsp3) is 0.263. The molecule has 0 saturated heterocycles. The van der Waals surface area contributed by atoms with Crippen molar-refractivity contribution < 1.29 is 9.53 Å². The maximum atomic E-state index is 12.3. The van der Waals surface area contributed by atoms with E-state index in [9.17, 15) is 4.79 Å². The van der Waals surface area contributed by atoms with Crippen molar-refractivity contribution in [3.05, 3.63) is 66.0 Å². The molecule has 2 aromatic carbocycles. The highest BCUT2D eigenvalue weighted by Gasteiger charge is 2.40. The van der Waals surface area contributed by atoms with Gasteiger partial charge in [-0.25, -0.2) is 4.68 Å². The summed E-state index contributed by atoms with van der Waals surface area (Å²) < 4.78 is 6.98. The lowest BCUT2D eigenvalue weighted by atomic mass is 10.1. The third-order valence-electron chi connectivity index (χ3n) is 4.59. The molecular weight excluding hydrogens is 330 g/mol. The maximum Gasteiger partial charge on any atom is 0.224 e. The van der Waals surface area contributed by atoms with Gasteiger partial charge in [-0.3, -0.25) is 4.79 Å². The van der Waals surface area contributed by atoms with E-state index in [1.165, 1.54) is 6.33 Å². The van der Waals surface area contributed by atoms with Crippen LogP contribution in [0.3, 0.4) is 0 Å². The first-order chi connectivity index (χ1) is 12.7. The third kappa shape index (κ3) is 3.42. The van der Waals surface area contributed by atoms with Crippen LogP contribution in [0.1, 0.15) is 23.5 Å². The van der Waals surface area contributed by atoms with Gasteiger partial charge in [-0.05, 0) is 46.2 Å². The number of methoxy groups -OCH3 is 1. The van der Waals surface area contributed by atoms with Gasteiger partial charge in [-0.15, -0.1) is 5.10 Å². The SMILES string of the molecule is COc1ccccc1[C@@H]1C[C@H]1NC(=O)Cc1ccc(-n2cnnn2)cc1. The number of tetrazole rings is 1. The van der Waals surface area contributed by atoms with E-state index in [0.717, 1.165) is 29.0 Å². The van der Waals surface area contributed by atoms with Crippen LogP contribution in [-0.4, -0.2) is 39.3 Å². The first-order valence-electron chi connectivity index (χ1n) is 8.49. The normalized spacial score (nSPS) is 18.3. The summed E-state index contributed by atoms with van der Waals surface area (Å²) >= 11 is 0. The Kier molecular flexibility index (Phi) is 4.35. The fourth-order valence-electron chi connectivity index (χ4n) is 3.16. The van der Waals surface area contributed by atoms with E-state index < -0.39 is 0 Å². The Labute approximate surface area is 151 Å². The second kappa shape index (κ2) is 6.95. The summed E-state index contributed by atoms with van der Waals surface area (Å²) in [6.07, 6.45) is 2.84. The molecule has 7 nitrogen and oxygen atoms in total. The standard InChI is InChI=1S/C19H19N5O2/c1-26-18-5-3-2-4-15(18)16-11-17(16)21-19(25)10-13-6-8-14(9-7-13)24-12-20-22-23-24/h2-9,12,16-17H,10-11H2,1H3,(H,21,25)/t16-,17+/m0/s1. The third-order valence-corrected chi connectivity index (χ3v) is 4.59. The molecule has 0 radical (unpaired) electrons. The summed E-state index contributed by atoms with van der Waals surface area (Å²) in [7, 11) is 1.67. The second-order valence-electron chi connectivity index (χ2n) is 6.36. The van der Waals surface area contributed by atoms with E-state index in [1.807, 2.05) is 42.5 Å². The minimum Gasteiger partial charge on any atom is -0.496 e. The van der Waals surface area contributed by atoms with Crippen LogP contribution < -0.4 is 10.1 Å². The van der Waals surface area contributed by atoms with Crippen molar-refractivity contribution >= 4 is 5.91 Å². The number of ether oxygens (including phenoxy) is 1. The van der Waals surface area contributed by atoms with Crippen molar-refractivity contribution in [1.29, 1.82) is 0 Å². The van der Waals surface area contributed by atoms with Gasteiger partial charge in [0, 0.05) is 12.0 Å². The van der Waals surface area contributed by atoms with E-state index in [4.69, 9.17) is 4.74 Å². The number of aromatic nitrogens is 4. The Morgan fingerprint density at radius 1 is 1.23 bits per heavy atom. The summed E-state index contributed by atoms with van der Waals surface area (Å²) in [5, 5.41) is 14.2. The number of carbonyl (C=O) groups excluding carboxylic acids is 1. The molecule has 3 aromatic rings.